The van der Waals surface area contributed by atoms with Crippen LogP contribution in [0.1, 0.15) is 17.0 Å². The zero-order chi connectivity index (χ0) is 24.0. The van der Waals surface area contributed by atoms with E-state index in [2.05, 4.69) is 27.4 Å². The Morgan fingerprint density at radius 2 is 1.76 bits per heavy atom. The summed E-state index contributed by atoms with van der Waals surface area (Å²) in [6.07, 6.45) is 1.65. The van der Waals surface area contributed by atoms with Crippen molar-refractivity contribution in [1.82, 2.24) is 14.8 Å². The number of nitrogens with zero attached hydrogens (tertiary/aromatic N) is 3. The topological polar surface area (TPSA) is 88.9 Å². The molecule has 2 aromatic carbocycles. The third kappa shape index (κ3) is 6.37. The van der Waals surface area contributed by atoms with Gasteiger partial charge in [-0.3, -0.25) is 9.59 Å². The smallest absolute Gasteiger partial charge is 0.234 e. The second kappa shape index (κ2) is 11.4. The number of amides is 2. The van der Waals surface area contributed by atoms with Crippen LogP contribution in [0.25, 0.3) is 0 Å². The Balaban J connectivity index is 1.65. The summed E-state index contributed by atoms with van der Waals surface area (Å²) in [5.41, 5.74) is 3.33. The molecule has 3 rings (SSSR count). The van der Waals surface area contributed by atoms with Crippen LogP contribution in [0, 0.1) is 13.8 Å². The Morgan fingerprint density at radius 3 is 2.52 bits per heavy atom. The van der Waals surface area contributed by atoms with Gasteiger partial charge in [-0.1, -0.05) is 59.2 Å². The summed E-state index contributed by atoms with van der Waals surface area (Å²) in [7, 11) is 0. The van der Waals surface area contributed by atoms with Crippen LogP contribution < -0.4 is 10.6 Å². The van der Waals surface area contributed by atoms with Crippen LogP contribution >= 0.6 is 35.0 Å². The first kappa shape index (κ1) is 24.8. The highest BCUT2D eigenvalue weighted by Crippen LogP contribution is 2.29. The fraction of sp³-hybridized carbons (Fsp3) is 0.217. The lowest BCUT2D eigenvalue weighted by atomic mass is 10.1. The molecule has 0 aliphatic rings. The lowest BCUT2D eigenvalue weighted by molar-refractivity contribution is -0.116. The number of carbonyl (C=O) groups excluding carboxylic acids is 2. The predicted molar refractivity (Wildman–Crippen MR) is 134 cm³/mol. The summed E-state index contributed by atoms with van der Waals surface area (Å²) >= 11 is 13.4. The average Bonchev–Trinajstić information content (AvgIpc) is 3.14. The van der Waals surface area contributed by atoms with Crippen molar-refractivity contribution in [3.8, 4) is 0 Å². The van der Waals surface area contributed by atoms with Gasteiger partial charge in [0.15, 0.2) is 5.16 Å². The van der Waals surface area contributed by atoms with Crippen molar-refractivity contribution in [2.45, 2.75) is 32.0 Å². The number of anilines is 2. The summed E-state index contributed by atoms with van der Waals surface area (Å²) in [5, 5.41) is 15.1. The first-order valence-corrected chi connectivity index (χ1v) is 11.8. The molecule has 1 aromatic heterocycles. The number of rotatable bonds is 9. The number of carbonyl (C=O) groups is 2. The molecule has 7 nitrogen and oxygen atoms in total. The van der Waals surface area contributed by atoms with Gasteiger partial charge in [-0.25, -0.2) is 0 Å². The van der Waals surface area contributed by atoms with Gasteiger partial charge in [-0.2, -0.15) is 0 Å². The van der Waals surface area contributed by atoms with Crippen molar-refractivity contribution in [1.29, 1.82) is 0 Å². The fourth-order valence-electron chi connectivity index (χ4n) is 3.01. The zero-order valence-corrected chi connectivity index (χ0v) is 20.5. The highest BCUT2D eigenvalue weighted by molar-refractivity contribution is 7.99. The number of benzene rings is 2. The van der Waals surface area contributed by atoms with E-state index in [0.717, 1.165) is 16.8 Å². The Bertz CT molecular complexity index is 1200. The molecule has 0 saturated heterocycles. The summed E-state index contributed by atoms with van der Waals surface area (Å²) in [5.74, 6) is 0.119. The van der Waals surface area contributed by atoms with E-state index in [1.54, 1.807) is 28.8 Å². The van der Waals surface area contributed by atoms with Gasteiger partial charge in [-0.15, -0.1) is 16.8 Å². The average molecular weight is 504 g/mol. The maximum Gasteiger partial charge on any atom is 0.234 e. The molecule has 0 aliphatic heterocycles. The molecule has 2 N–H and O–H groups in total. The molecule has 0 aliphatic carbocycles. The van der Waals surface area contributed by atoms with Gasteiger partial charge in [0.2, 0.25) is 11.8 Å². The van der Waals surface area contributed by atoms with Crippen LogP contribution in [0.2, 0.25) is 10.0 Å². The molecule has 172 valence electrons. The van der Waals surface area contributed by atoms with E-state index in [9.17, 15) is 9.59 Å². The Labute approximate surface area is 206 Å². The molecule has 0 spiro atoms. The molecule has 33 heavy (non-hydrogen) atoms. The lowest BCUT2D eigenvalue weighted by Gasteiger charge is -2.11. The fourth-order valence-corrected chi connectivity index (χ4v) is 4.12. The first-order valence-electron chi connectivity index (χ1n) is 10.1. The maximum atomic E-state index is 12.5. The van der Waals surface area contributed by atoms with E-state index in [1.165, 1.54) is 11.8 Å². The Kier molecular flexibility index (Phi) is 8.55. The summed E-state index contributed by atoms with van der Waals surface area (Å²) in [6.45, 7) is 8.12. The van der Waals surface area contributed by atoms with Crippen molar-refractivity contribution in [2.75, 3.05) is 16.4 Å². The van der Waals surface area contributed by atoms with E-state index in [1.807, 2.05) is 32.0 Å². The van der Waals surface area contributed by atoms with Gasteiger partial charge >= 0.3 is 0 Å². The molecule has 0 unspecified atom stereocenters. The predicted octanol–water partition coefficient (Wildman–Crippen LogP) is 5.30. The molecule has 0 saturated carbocycles. The van der Waals surface area contributed by atoms with Gasteiger partial charge in [0.05, 0.1) is 27.9 Å². The van der Waals surface area contributed by atoms with E-state index in [-0.39, 0.29) is 29.0 Å². The maximum absolute atomic E-state index is 12.5. The van der Waals surface area contributed by atoms with E-state index in [0.29, 0.717) is 28.2 Å². The molecule has 3 aromatic rings. The van der Waals surface area contributed by atoms with Crippen LogP contribution in [-0.4, -0.2) is 32.3 Å². The minimum absolute atomic E-state index is 0.0288. The van der Waals surface area contributed by atoms with Crippen molar-refractivity contribution < 1.29 is 9.59 Å². The second-order valence-corrected chi connectivity index (χ2v) is 8.94. The number of halogens is 2. The highest BCUT2D eigenvalue weighted by Gasteiger charge is 2.17. The second-order valence-electron chi connectivity index (χ2n) is 7.21. The summed E-state index contributed by atoms with van der Waals surface area (Å²) < 4.78 is 1.75. The van der Waals surface area contributed by atoms with Crippen LogP contribution in [-0.2, 0) is 22.6 Å². The molecule has 0 bridgehead atoms. The Morgan fingerprint density at radius 1 is 1.06 bits per heavy atom. The van der Waals surface area contributed by atoms with Crippen LogP contribution in [0.15, 0.2) is 54.2 Å². The van der Waals surface area contributed by atoms with E-state index < -0.39 is 0 Å². The third-order valence-corrected chi connectivity index (χ3v) is 6.65. The molecule has 1 heterocycles. The monoisotopic (exact) mass is 503 g/mol. The highest BCUT2D eigenvalue weighted by atomic mass is 35.5. The van der Waals surface area contributed by atoms with E-state index >= 15 is 0 Å². The number of thioether (sulfide) groups is 1. The lowest BCUT2D eigenvalue weighted by Crippen LogP contribution is -2.18. The molecular formula is C23H23Cl2N5O2S. The largest absolute Gasteiger partial charge is 0.325 e. The minimum atomic E-state index is -0.318. The number of aromatic nitrogens is 3. The summed E-state index contributed by atoms with van der Waals surface area (Å²) in [6, 6.07) is 10.8. The number of nitrogens with one attached hydrogen (secondary N) is 2. The van der Waals surface area contributed by atoms with Crippen molar-refractivity contribution >= 4 is 58.2 Å². The number of hydrogen-bond donors (Lipinski definition) is 2. The number of hydrogen-bond acceptors (Lipinski definition) is 5. The first-order chi connectivity index (χ1) is 15.8. The van der Waals surface area contributed by atoms with Gasteiger partial charge in [0, 0.05) is 12.2 Å². The third-order valence-electron chi connectivity index (χ3n) is 4.86. The number of aryl methyl sites for hydroxylation is 1. The molecule has 0 radical (unpaired) electrons. The van der Waals surface area contributed by atoms with Crippen LogP contribution in [0.5, 0.6) is 0 Å². The van der Waals surface area contributed by atoms with Crippen molar-refractivity contribution in [2.24, 2.45) is 0 Å². The quantitative estimate of drug-likeness (QED) is 0.305. The van der Waals surface area contributed by atoms with Crippen LogP contribution in [0.3, 0.4) is 0 Å². The summed E-state index contributed by atoms with van der Waals surface area (Å²) in [4.78, 5) is 25.0. The van der Waals surface area contributed by atoms with E-state index in [4.69, 9.17) is 23.2 Å². The van der Waals surface area contributed by atoms with Gasteiger partial charge in [-0.05, 0) is 43.2 Å². The molecule has 2 amide bonds. The SMILES string of the molecule is C=CCn1c(CC(=O)Nc2cccc(Cl)c2Cl)nnc1SCC(=O)Nc1cccc(C)c1C. The van der Waals surface area contributed by atoms with Gasteiger partial charge < -0.3 is 15.2 Å². The van der Waals surface area contributed by atoms with Crippen LogP contribution in [0.4, 0.5) is 11.4 Å². The molecule has 0 atom stereocenters. The standard InChI is InChI=1S/C23H23Cl2N5O2S/c1-4-11-30-19(12-20(31)27-18-10-6-8-16(24)22(18)25)28-29-23(30)33-13-21(32)26-17-9-5-7-14(2)15(17)3/h4-10H,1,11-13H2,2-3H3,(H,26,32)(H,27,31). The van der Waals surface area contributed by atoms with Gasteiger partial charge in [0.1, 0.15) is 5.82 Å². The zero-order valence-electron chi connectivity index (χ0n) is 18.2. The van der Waals surface area contributed by atoms with Crippen molar-refractivity contribution in [3.63, 3.8) is 0 Å². The van der Waals surface area contributed by atoms with Gasteiger partial charge in [0.25, 0.3) is 0 Å². The molecule has 10 heteroatoms. The van der Waals surface area contributed by atoms with Crippen molar-refractivity contribution in [3.05, 3.63) is 76.0 Å². The molecule has 0 fully saturated rings. The molecular weight excluding hydrogens is 481 g/mol. The number of allylic oxidation sites excluding steroid dienone is 1. The Hall–Kier alpha value is -2.81. The normalized spacial score (nSPS) is 10.7. The minimum Gasteiger partial charge on any atom is -0.325 e.